The zero-order valence-electron chi connectivity index (χ0n) is 16.7. The fourth-order valence-corrected chi connectivity index (χ4v) is 4.63. The van der Waals surface area contributed by atoms with Gasteiger partial charge in [-0.25, -0.2) is 13.2 Å². The van der Waals surface area contributed by atoms with E-state index in [9.17, 15) is 18.0 Å². The lowest BCUT2D eigenvalue weighted by Gasteiger charge is -2.26. The molecule has 1 aromatic carbocycles. The Morgan fingerprint density at radius 2 is 1.93 bits per heavy atom. The summed E-state index contributed by atoms with van der Waals surface area (Å²) in [5.74, 6) is -0.0497. The molecule has 0 radical (unpaired) electrons. The van der Waals surface area contributed by atoms with Gasteiger partial charge in [0.05, 0.1) is 4.90 Å². The second-order valence-corrected chi connectivity index (χ2v) is 8.87. The Bertz CT molecular complexity index is 1040. The quantitative estimate of drug-likeness (QED) is 0.533. The molecule has 3 rings (SSSR count). The number of hydrogen-bond acceptors (Lipinski definition) is 6. The molecule has 0 bridgehead atoms. The number of anilines is 1. The van der Waals surface area contributed by atoms with Gasteiger partial charge >= 0.3 is 5.97 Å². The minimum absolute atomic E-state index is 0.121. The number of ether oxygens (including phenoxy) is 1. The summed E-state index contributed by atoms with van der Waals surface area (Å²) in [6.45, 7) is 2.29. The molecule has 0 spiro atoms. The van der Waals surface area contributed by atoms with Gasteiger partial charge in [-0.1, -0.05) is 12.5 Å². The lowest BCUT2D eigenvalue weighted by Crippen LogP contribution is -2.35. The van der Waals surface area contributed by atoms with Crippen LogP contribution >= 0.6 is 0 Å². The summed E-state index contributed by atoms with van der Waals surface area (Å²) in [6, 6.07) is 9.51. The van der Waals surface area contributed by atoms with Crippen molar-refractivity contribution < 1.29 is 27.2 Å². The molecule has 1 N–H and O–H groups in total. The molecule has 0 saturated carbocycles. The summed E-state index contributed by atoms with van der Waals surface area (Å²) in [5.41, 5.74) is 0.315. The third kappa shape index (κ3) is 5.80. The highest BCUT2D eigenvalue weighted by atomic mass is 32.2. The number of carbonyl (C=O) groups excluding carboxylic acids is 2. The Hall–Kier alpha value is -2.91. The smallest absolute Gasteiger partial charge is 0.331 e. The van der Waals surface area contributed by atoms with Crippen molar-refractivity contribution >= 4 is 33.7 Å². The van der Waals surface area contributed by atoms with E-state index < -0.39 is 28.5 Å². The molecule has 1 aliphatic rings. The first-order valence-electron chi connectivity index (χ1n) is 9.66. The highest BCUT2D eigenvalue weighted by Gasteiger charge is 2.26. The van der Waals surface area contributed by atoms with Crippen molar-refractivity contribution in [1.29, 1.82) is 0 Å². The van der Waals surface area contributed by atoms with Gasteiger partial charge in [-0.05, 0) is 56.2 Å². The van der Waals surface area contributed by atoms with E-state index in [0.717, 1.165) is 25.3 Å². The maximum Gasteiger partial charge on any atom is 0.331 e. The normalized spacial score (nSPS) is 15.2. The van der Waals surface area contributed by atoms with E-state index in [4.69, 9.17) is 9.15 Å². The third-order valence-electron chi connectivity index (χ3n) is 4.56. The molecule has 9 heteroatoms. The van der Waals surface area contributed by atoms with Gasteiger partial charge in [-0.2, -0.15) is 4.31 Å². The number of sulfonamides is 1. The number of esters is 1. The first kappa shape index (κ1) is 21.8. The van der Waals surface area contributed by atoms with Gasteiger partial charge in [-0.15, -0.1) is 0 Å². The van der Waals surface area contributed by atoms with Crippen molar-refractivity contribution in [2.45, 2.75) is 31.1 Å². The predicted octanol–water partition coefficient (Wildman–Crippen LogP) is 2.96. The van der Waals surface area contributed by atoms with Crippen LogP contribution in [0.25, 0.3) is 6.08 Å². The summed E-state index contributed by atoms with van der Waals surface area (Å²) >= 11 is 0. The van der Waals surface area contributed by atoms with Gasteiger partial charge in [0.2, 0.25) is 10.0 Å². The molecule has 2 aromatic rings. The molecular formula is C21H24N2O6S. The number of benzene rings is 1. The number of nitrogens with zero attached hydrogens (tertiary/aromatic N) is 1. The minimum Gasteiger partial charge on any atom is -0.462 e. The van der Waals surface area contributed by atoms with Gasteiger partial charge in [0.25, 0.3) is 5.91 Å². The Morgan fingerprint density at radius 3 is 2.63 bits per heavy atom. The van der Waals surface area contributed by atoms with E-state index in [1.165, 1.54) is 22.5 Å². The standard InChI is InChI=1S/C21H24N2O6S/c1-16-8-9-18(29-16)10-11-21(25)28-15-20(24)22-17-6-5-7-19(14-17)30(26,27)23-12-3-2-4-13-23/h5-11,14H,2-4,12-13,15H2,1H3,(H,22,24)/b11-10+. The molecule has 0 unspecified atom stereocenters. The summed E-state index contributed by atoms with van der Waals surface area (Å²) < 4.78 is 37.2. The van der Waals surface area contributed by atoms with Crippen LogP contribution < -0.4 is 5.32 Å². The number of nitrogens with one attached hydrogen (secondary N) is 1. The third-order valence-corrected chi connectivity index (χ3v) is 6.46. The van der Waals surface area contributed by atoms with Crippen LogP contribution in [0.4, 0.5) is 5.69 Å². The van der Waals surface area contributed by atoms with Crippen LogP contribution in [0.15, 0.2) is 51.8 Å². The fraction of sp³-hybridized carbons (Fsp3) is 0.333. The van der Waals surface area contributed by atoms with Crippen molar-refractivity contribution in [2.24, 2.45) is 0 Å². The molecule has 2 heterocycles. The van der Waals surface area contributed by atoms with Gasteiger partial charge in [0.1, 0.15) is 11.5 Å². The van der Waals surface area contributed by atoms with Crippen LogP contribution in [0, 0.1) is 6.92 Å². The Kier molecular flexibility index (Phi) is 7.07. The summed E-state index contributed by atoms with van der Waals surface area (Å²) in [5, 5.41) is 2.55. The number of furan rings is 1. The molecule has 0 aliphatic carbocycles. The molecule has 160 valence electrons. The van der Waals surface area contributed by atoms with Crippen molar-refractivity contribution in [3.05, 3.63) is 54.0 Å². The van der Waals surface area contributed by atoms with E-state index in [1.807, 2.05) is 0 Å². The van der Waals surface area contributed by atoms with E-state index in [-0.39, 0.29) is 4.90 Å². The predicted molar refractivity (Wildman–Crippen MR) is 111 cm³/mol. The second kappa shape index (κ2) is 9.73. The summed E-state index contributed by atoms with van der Waals surface area (Å²) in [4.78, 5) is 23.9. The highest BCUT2D eigenvalue weighted by molar-refractivity contribution is 7.89. The molecule has 1 aliphatic heterocycles. The summed E-state index contributed by atoms with van der Waals surface area (Å²) in [7, 11) is -3.60. The van der Waals surface area contributed by atoms with Crippen molar-refractivity contribution in [3.63, 3.8) is 0 Å². The Labute approximate surface area is 175 Å². The fourth-order valence-electron chi connectivity index (χ4n) is 3.06. The molecule has 1 fully saturated rings. The average molecular weight is 432 g/mol. The first-order chi connectivity index (χ1) is 14.3. The topological polar surface area (TPSA) is 106 Å². The number of hydrogen-bond donors (Lipinski definition) is 1. The molecule has 30 heavy (non-hydrogen) atoms. The average Bonchev–Trinajstić information content (AvgIpc) is 3.17. The molecule has 1 aromatic heterocycles. The molecule has 8 nitrogen and oxygen atoms in total. The highest BCUT2D eigenvalue weighted by Crippen LogP contribution is 2.22. The van der Waals surface area contributed by atoms with Gasteiger partial charge < -0.3 is 14.5 Å². The maximum atomic E-state index is 12.8. The lowest BCUT2D eigenvalue weighted by molar-refractivity contribution is -0.142. The van der Waals surface area contributed by atoms with Crippen LogP contribution in [0.3, 0.4) is 0 Å². The molecule has 0 atom stereocenters. The number of carbonyl (C=O) groups is 2. The van der Waals surface area contributed by atoms with Crippen LogP contribution in [0.1, 0.15) is 30.8 Å². The first-order valence-corrected chi connectivity index (χ1v) is 11.1. The molecule has 1 saturated heterocycles. The van der Waals surface area contributed by atoms with Gasteiger partial charge in [0.15, 0.2) is 6.61 Å². The van der Waals surface area contributed by atoms with Crippen LogP contribution in [-0.4, -0.2) is 44.3 Å². The number of amides is 1. The maximum absolute atomic E-state index is 12.8. The van der Waals surface area contributed by atoms with Gasteiger partial charge in [-0.3, -0.25) is 4.79 Å². The molecule has 1 amide bonds. The number of piperidine rings is 1. The summed E-state index contributed by atoms with van der Waals surface area (Å²) in [6.07, 6.45) is 5.32. The zero-order chi connectivity index (χ0) is 21.6. The van der Waals surface area contributed by atoms with Crippen molar-refractivity contribution in [3.8, 4) is 0 Å². The largest absolute Gasteiger partial charge is 0.462 e. The van der Waals surface area contributed by atoms with E-state index >= 15 is 0 Å². The number of rotatable bonds is 7. The minimum atomic E-state index is -3.60. The van der Waals surface area contributed by atoms with Crippen molar-refractivity contribution in [1.82, 2.24) is 4.31 Å². The van der Waals surface area contributed by atoms with E-state index in [0.29, 0.717) is 30.3 Å². The molecular weight excluding hydrogens is 408 g/mol. The van der Waals surface area contributed by atoms with Crippen LogP contribution in [0.2, 0.25) is 0 Å². The van der Waals surface area contributed by atoms with Crippen LogP contribution in [-0.2, 0) is 24.3 Å². The van der Waals surface area contributed by atoms with E-state index in [2.05, 4.69) is 5.32 Å². The van der Waals surface area contributed by atoms with Crippen molar-refractivity contribution in [2.75, 3.05) is 25.0 Å². The monoisotopic (exact) mass is 432 g/mol. The van der Waals surface area contributed by atoms with Gasteiger partial charge in [0, 0.05) is 24.9 Å². The second-order valence-electron chi connectivity index (χ2n) is 6.93. The lowest BCUT2D eigenvalue weighted by atomic mass is 10.2. The number of aryl methyl sites for hydroxylation is 1. The van der Waals surface area contributed by atoms with E-state index in [1.54, 1.807) is 31.2 Å². The Morgan fingerprint density at radius 1 is 1.17 bits per heavy atom. The SMILES string of the molecule is Cc1ccc(/C=C/C(=O)OCC(=O)Nc2cccc(S(=O)(=O)N3CCCCC3)c2)o1. The zero-order valence-corrected chi connectivity index (χ0v) is 17.5. The van der Waals surface area contributed by atoms with Crippen LogP contribution in [0.5, 0.6) is 0 Å². The Balaban J connectivity index is 1.54.